The fourth-order valence-electron chi connectivity index (χ4n) is 3.06. The number of benzene rings is 2. The van der Waals surface area contributed by atoms with Crippen LogP contribution in [-0.2, 0) is 4.74 Å². The molecular formula is C23H22FNO4S. The zero-order chi connectivity index (χ0) is 21.7. The second kappa shape index (κ2) is 9.54. The number of esters is 1. The van der Waals surface area contributed by atoms with Gasteiger partial charge in [-0.05, 0) is 56.7 Å². The number of hydrogen-bond acceptors (Lipinski definition) is 5. The highest BCUT2D eigenvalue weighted by Crippen LogP contribution is 2.40. The van der Waals surface area contributed by atoms with Gasteiger partial charge in [-0.2, -0.15) is 0 Å². The molecule has 0 fully saturated rings. The molecule has 0 aliphatic heterocycles. The average molecular weight is 427 g/mol. The Balaban J connectivity index is 2.01. The van der Waals surface area contributed by atoms with Gasteiger partial charge in [0.2, 0.25) is 0 Å². The molecule has 0 atom stereocenters. The Labute approximate surface area is 178 Å². The van der Waals surface area contributed by atoms with Gasteiger partial charge in [-0.25, -0.2) is 9.18 Å². The quantitative estimate of drug-likeness (QED) is 0.492. The van der Waals surface area contributed by atoms with Crippen molar-refractivity contribution in [1.29, 1.82) is 0 Å². The lowest BCUT2D eigenvalue weighted by Crippen LogP contribution is -2.15. The number of rotatable bonds is 7. The summed E-state index contributed by atoms with van der Waals surface area (Å²) in [4.78, 5) is 26.4. The van der Waals surface area contributed by atoms with Crippen molar-refractivity contribution < 1.29 is 23.5 Å². The van der Waals surface area contributed by atoms with Crippen LogP contribution in [0, 0.1) is 12.7 Å². The normalized spacial score (nSPS) is 10.5. The van der Waals surface area contributed by atoms with E-state index < -0.39 is 5.97 Å². The lowest BCUT2D eigenvalue weighted by molar-refractivity contribution is 0.0529. The van der Waals surface area contributed by atoms with Crippen molar-refractivity contribution in [3.63, 3.8) is 0 Å². The minimum absolute atomic E-state index is 0.195. The van der Waals surface area contributed by atoms with Crippen molar-refractivity contribution in [3.8, 4) is 16.9 Å². The molecular weight excluding hydrogens is 405 g/mol. The molecule has 0 saturated carbocycles. The summed E-state index contributed by atoms with van der Waals surface area (Å²) in [6.07, 6.45) is 0. The van der Waals surface area contributed by atoms with Crippen LogP contribution < -0.4 is 10.1 Å². The van der Waals surface area contributed by atoms with Crippen LogP contribution in [0.1, 0.15) is 39.4 Å². The average Bonchev–Trinajstić information content (AvgIpc) is 3.05. The molecule has 5 nitrogen and oxygen atoms in total. The van der Waals surface area contributed by atoms with Crippen LogP contribution in [0.2, 0.25) is 0 Å². The Morgan fingerprint density at radius 3 is 2.47 bits per heavy atom. The van der Waals surface area contributed by atoms with E-state index in [0.29, 0.717) is 34.0 Å². The predicted molar refractivity (Wildman–Crippen MR) is 116 cm³/mol. The number of amides is 1. The third-order valence-corrected chi connectivity index (χ3v) is 5.35. The smallest absolute Gasteiger partial charge is 0.341 e. The maximum atomic E-state index is 13.4. The van der Waals surface area contributed by atoms with Gasteiger partial charge < -0.3 is 14.8 Å². The molecule has 30 heavy (non-hydrogen) atoms. The Kier molecular flexibility index (Phi) is 6.84. The number of nitrogens with one attached hydrogen (secondary N) is 1. The summed E-state index contributed by atoms with van der Waals surface area (Å²) < 4.78 is 24.1. The molecule has 0 radical (unpaired) electrons. The minimum atomic E-state index is -0.542. The molecule has 0 bridgehead atoms. The number of anilines is 1. The van der Waals surface area contributed by atoms with Gasteiger partial charge in [0.25, 0.3) is 5.91 Å². The molecule has 3 rings (SSSR count). The van der Waals surface area contributed by atoms with Crippen LogP contribution in [0.5, 0.6) is 5.75 Å². The summed E-state index contributed by atoms with van der Waals surface area (Å²) in [6, 6.07) is 12.7. The van der Waals surface area contributed by atoms with E-state index in [1.54, 1.807) is 43.3 Å². The number of halogens is 1. The number of thiophene rings is 1. The van der Waals surface area contributed by atoms with E-state index in [9.17, 15) is 14.0 Å². The summed E-state index contributed by atoms with van der Waals surface area (Å²) in [6.45, 7) is 6.11. The van der Waals surface area contributed by atoms with Gasteiger partial charge in [-0.3, -0.25) is 4.79 Å². The summed E-state index contributed by atoms with van der Waals surface area (Å²) in [7, 11) is 0. The second-order valence-corrected chi connectivity index (χ2v) is 7.60. The number of carbonyl (C=O) groups excluding carboxylic acids is 2. The van der Waals surface area contributed by atoms with Crippen molar-refractivity contribution in [2.24, 2.45) is 0 Å². The number of ether oxygens (including phenoxy) is 2. The Morgan fingerprint density at radius 1 is 1.07 bits per heavy atom. The van der Waals surface area contributed by atoms with Gasteiger partial charge in [0.15, 0.2) is 0 Å². The first kappa shape index (κ1) is 21.5. The second-order valence-electron chi connectivity index (χ2n) is 6.38. The van der Waals surface area contributed by atoms with Crippen LogP contribution in [0.25, 0.3) is 11.1 Å². The summed E-state index contributed by atoms with van der Waals surface area (Å²) in [5.74, 6) is -0.689. The third-order valence-electron chi connectivity index (χ3n) is 4.33. The Morgan fingerprint density at radius 2 is 1.80 bits per heavy atom. The highest BCUT2D eigenvalue weighted by Gasteiger charge is 2.26. The van der Waals surface area contributed by atoms with Gasteiger partial charge in [0.1, 0.15) is 22.1 Å². The predicted octanol–water partition coefficient (Wildman–Crippen LogP) is 5.69. The summed E-state index contributed by atoms with van der Waals surface area (Å²) >= 11 is 1.27. The number of hydrogen-bond donors (Lipinski definition) is 1. The van der Waals surface area contributed by atoms with Crippen LogP contribution in [0.4, 0.5) is 9.39 Å². The minimum Gasteiger partial charge on any atom is -0.494 e. The lowest BCUT2D eigenvalue weighted by atomic mass is 10.0. The number of carbonyl (C=O) groups is 2. The van der Waals surface area contributed by atoms with Crippen LogP contribution in [-0.4, -0.2) is 25.1 Å². The first-order valence-electron chi connectivity index (χ1n) is 9.55. The molecule has 1 aromatic heterocycles. The van der Waals surface area contributed by atoms with E-state index in [4.69, 9.17) is 9.47 Å². The highest BCUT2D eigenvalue weighted by molar-refractivity contribution is 7.17. The fraction of sp³-hybridized carbons (Fsp3) is 0.217. The van der Waals surface area contributed by atoms with Gasteiger partial charge in [-0.15, -0.1) is 11.3 Å². The molecule has 156 valence electrons. The molecule has 0 saturated heterocycles. The molecule has 0 unspecified atom stereocenters. The first-order valence-corrected chi connectivity index (χ1v) is 10.4. The third kappa shape index (κ3) is 4.68. The molecule has 1 N–H and O–H groups in total. The van der Waals surface area contributed by atoms with Crippen LogP contribution in [0.15, 0.2) is 48.5 Å². The van der Waals surface area contributed by atoms with E-state index in [1.165, 1.54) is 23.5 Å². The van der Waals surface area contributed by atoms with Crippen molar-refractivity contribution in [1.82, 2.24) is 0 Å². The Hall–Kier alpha value is -3.19. The van der Waals surface area contributed by atoms with E-state index in [-0.39, 0.29) is 23.9 Å². The van der Waals surface area contributed by atoms with Crippen molar-refractivity contribution in [2.75, 3.05) is 18.5 Å². The molecule has 0 spiro atoms. The maximum Gasteiger partial charge on any atom is 0.341 e. The van der Waals surface area contributed by atoms with E-state index in [2.05, 4.69) is 5.32 Å². The van der Waals surface area contributed by atoms with Crippen LogP contribution >= 0.6 is 11.3 Å². The van der Waals surface area contributed by atoms with Gasteiger partial charge >= 0.3 is 5.97 Å². The van der Waals surface area contributed by atoms with Crippen molar-refractivity contribution in [3.05, 3.63) is 70.4 Å². The van der Waals surface area contributed by atoms with E-state index in [0.717, 1.165) is 4.88 Å². The zero-order valence-electron chi connectivity index (χ0n) is 17.0. The van der Waals surface area contributed by atoms with Crippen molar-refractivity contribution in [2.45, 2.75) is 20.8 Å². The first-order chi connectivity index (χ1) is 14.4. The molecule has 7 heteroatoms. The molecule has 3 aromatic rings. The molecule has 1 heterocycles. The SMILES string of the molecule is CCOC(=O)c1c(NC(=O)c2cccc(OCC)c2)sc(C)c1-c1ccc(F)cc1. The summed E-state index contributed by atoms with van der Waals surface area (Å²) in [5, 5.41) is 3.21. The monoisotopic (exact) mass is 427 g/mol. The van der Waals surface area contributed by atoms with Crippen molar-refractivity contribution >= 4 is 28.2 Å². The lowest BCUT2D eigenvalue weighted by Gasteiger charge is -2.10. The highest BCUT2D eigenvalue weighted by atomic mass is 32.1. The van der Waals surface area contributed by atoms with Crippen LogP contribution in [0.3, 0.4) is 0 Å². The van der Waals surface area contributed by atoms with E-state index in [1.807, 2.05) is 13.8 Å². The van der Waals surface area contributed by atoms with Gasteiger partial charge in [-0.1, -0.05) is 18.2 Å². The zero-order valence-corrected chi connectivity index (χ0v) is 17.8. The molecule has 2 aromatic carbocycles. The topological polar surface area (TPSA) is 64.6 Å². The van der Waals surface area contributed by atoms with Gasteiger partial charge in [0, 0.05) is 16.0 Å². The van der Waals surface area contributed by atoms with E-state index >= 15 is 0 Å². The summed E-state index contributed by atoms with van der Waals surface area (Å²) in [5.41, 5.74) is 1.97. The standard InChI is InChI=1S/C23H22FNO4S/c1-4-28-18-8-6-7-16(13-18)21(26)25-22-20(23(27)29-5-2)19(14(3)30-22)15-9-11-17(24)12-10-15/h6-13H,4-5H2,1-3H3,(H,25,26). The maximum absolute atomic E-state index is 13.4. The largest absolute Gasteiger partial charge is 0.494 e. The molecule has 1 amide bonds. The van der Waals surface area contributed by atoms with Gasteiger partial charge in [0.05, 0.1) is 13.2 Å². The molecule has 0 aliphatic rings. The molecule has 0 aliphatic carbocycles. The number of aryl methyl sites for hydroxylation is 1. The Bertz CT molecular complexity index is 1060. The fourth-order valence-corrected chi connectivity index (χ4v) is 4.12.